The third-order valence-electron chi connectivity index (χ3n) is 2.24. The van der Waals surface area contributed by atoms with E-state index in [1.807, 2.05) is 17.5 Å². The van der Waals surface area contributed by atoms with Crippen LogP contribution in [-0.4, -0.2) is 0 Å². The molecule has 0 saturated heterocycles. The van der Waals surface area contributed by atoms with E-state index in [0.29, 0.717) is 6.54 Å². The molecule has 0 aliphatic carbocycles. The molecule has 0 fully saturated rings. The molecule has 2 nitrogen and oxygen atoms in total. The van der Waals surface area contributed by atoms with Gasteiger partial charge in [-0.25, -0.2) is 8.78 Å². The van der Waals surface area contributed by atoms with E-state index < -0.39 is 11.6 Å². The number of benzene rings is 1. The Morgan fingerprint density at radius 2 is 2.06 bits per heavy atom. The van der Waals surface area contributed by atoms with E-state index >= 15 is 0 Å². The standard InChI is InChI=1S/C12H8F2N2S/c13-11-8(6-15)3-4-10(12(11)14)16-7-9-2-1-5-17-9/h1-5,16H,7H2. The quantitative estimate of drug-likeness (QED) is 0.904. The second kappa shape index (κ2) is 4.93. The first kappa shape index (κ1) is 11.6. The van der Waals surface area contributed by atoms with Crippen LogP contribution >= 0.6 is 11.3 Å². The average Bonchev–Trinajstić information content (AvgIpc) is 2.84. The van der Waals surface area contributed by atoms with E-state index in [1.165, 1.54) is 23.5 Å². The van der Waals surface area contributed by atoms with E-state index in [4.69, 9.17) is 5.26 Å². The molecule has 2 rings (SSSR count). The largest absolute Gasteiger partial charge is 0.378 e. The zero-order chi connectivity index (χ0) is 12.3. The van der Waals surface area contributed by atoms with Crippen molar-refractivity contribution in [3.8, 4) is 6.07 Å². The number of nitrogens with zero attached hydrogens (tertiary/aromatic N) is 1. The van der Waals surface area contributed by atoms with Gasteiger partial charge in [0.15, 0.2) is 11.6 Å². The fourth-order valence-electron chi connectivity index (χ4n) is 1.37. The second-order valence-electron chi connectivity index (χ2n) is 3.33. The number of hydrogen-bond acceptors (Lipinski definition) is 3. The molecule has 17 heavy (non-hydrogen) atoms. The first-order valence-electron chi connectivity index (χ1n) is 4.86. The van der Waals surface area contributed by atoms with Crippen molar-refractivity contribution >= 4 is 17.0 Å². The molecule has 1 N–H and O–H groups in total. The fourth-order valence-corrected chi connectivity index (χ4v) is 2.01. The summed E-state index contributed by atoms with van der Waals surface area (Å²) in [6, 6.07) is 8.00. The first-order valence-corrected chi connectivity index (χ1v) is 5.74. The van der Waals surface area contributed by atoms with E-state index in [9.17, 15) is 8.78 Å². The first-order chi connectivity index (χ1) is 8.22. The van der Waals surface area contributed by atoms with Gasteiger partial charge in [-0.15, -0.1) is 11.3 Å². The van der Waals surface area contributed by atoms with Crippen molar-refractivity contribution in [1.29, 1.82) is 5.26 Å². The van der Waals surface area contributed by atoms with Gasteiger partial charge in [0.2, 0.25) is 0 Å². The number of anilines is 1. The summed E-state index contributed by atoms with van der Waals surface area (Å²) >= 11 is 1.53. The third-order valence-corrected chi connectivity index (χ3v) is 3.11. The zero-order valence-corrected chi connectivity index (χ0v) is 9.52. The van der Waals surface area contributed by atoms with Crippen LogP contribution in [-0.2, 0) is 6.54 Å². The topological polar surface area (TPSA) is 35.8 Å². The third kappa shape index (κ3) is 2.43. The van der Waals surface area contributed by atoms with Crippen LogP contribution in [0.2, 0.25) is 0 Å². The maximum atomic E-state index is 13.5. The Morgan fingerprint density at radius 1 is 1.24 bits per heavy atom. The number of halogens is 2. The van der Waals surface area contributed by atoms with Crippen LogP contribution in [0.3, 0.4) is 0 Å². The Labute approximate surface area is 101 Å². The predicted octanol–water partition coefficient (Wildman–Crippen LogP) is 3.51. The Hall–Kier alpha value is -1.93. The summed E-state index contributed by atoms with van der Waals surface area (Å²) in [6.07, 6.45) is 0. The van der Waals surface area contributed by atoms with Gasteiger partial charge in [-0.2, -0.15) is 5.26 Å². The number of thiophene rings is 1. The van der Waals surface area contributed by atoms with Crippen LogP contribution in [0.1, 0.15) is 10.4 Å². The van der Waals surface area contributed by atoms with Crippen LogP contribution in [0.4, 0.5) is 14.5 Å². The Balaban J connectivity index is 2.17. The van der Waals surface area contributed by atoms with Gasteiger partial charge in [0, 0.05) is 11.4 Å². The maximum Gasteiger partial charge on any atom is 0.183 e. The molecule has 1 aromatic heterocycles. The minimum absolute atomic E-state index is 0.0647. The van der Waals surface area contributed by atoms with Crippen LogP contribution in [0.25, 0.3) is 0 Å². The molecule has 0 unspecified atom stereocenters. The van der Waals surface area contributed by atoms with Gasteiger partial charge in [-0.3, -0.25) is 0 Å². The molecule has 0 radical (unpaired) electrons. The Bertz CT molecular complexity index is 559. The highest BCUT2D eigenvalue weighted by Gasteiger charge is 2.12. The summed E-state index contributed by atoms with van der Waals surface area (Å²) in [5.74, 6) is -2.12. The number of rotatable bonds is 3. The summed E-state index contributed by atoms with van der Waals surface area (Å²) in [7, 11) is 0. The highest BCUT2D eigenvalue weighted by Crippen LogP contribution is 2.21. The molecule has 0 saturated carbocycles. The molecule has 0 spiro atoms. The summed E-state index contributed by atoms with van der Waals surface area (Å²) in [5, 5.41) is 13.2. The highest BCUT2D eigenvalue weighted by molar-refractivity contribution is 7.09. The lowest BCUT2D eigenvalue weighted by molar-refractivity contribution is 0.508. The Kier molecular flexibility index (Phi) is 3.35. The van der Waals surface area contributed by atoms with Crippen molar-refractivity contribution < 1.29 is 8.78 Å². The van der Waals surface area contributed by atoms with Gasteiger partial charge >= 0.3 is 0 Å². The van der Waals surface area contributed by atoms with Crippen LogP contribution < -0.4 is 5.32 Å². The molecule has 0 bridgehead atoms. The summed E-state index contributed by atoms with van der Waals surface area (Å²) in [4.78, 5) is 1.02. The fraction of sp³-hybridized carbons (Fsp3) is 0.0833. The highest BCUT2D eigenvalue weighted by atomic mass is 32.1. The molecule has 0 amide bonds. The van der Waals surface area contributed by atoms with Crippen molar-refractivity contribution in [3.63, 3.8) is 0 Å². The second-order valence-corrected chi connectivity index (χ2v) is 4.37. The summed E-state index contributed by atoms with van der Waals surface area (Å²) in [5.41, 5.74) is -0.223. The molecular formula is C12H8F2N2S. The van der Waals surface area contributed by atoms with Crippen LogP contribution in [0.15, 0.2) is 29.6 Å². The molecule has 0 aliphatic heterocycles. The maximum absolute atomic E-state index is 13.5. The Morgan fingerprint density at radius 3 is 2.71 bits per heavy atom. The van der Waals surface area contributed by atoms with Gasteiger partial charge in [0.05, 0.1) is 11.3 Å². The molecule has 0 atom stereocenters. The SMILES string of the molecule is N#Cc1ccc(NCc2cccs2)c(F)c1F. The van der Waals surface area contributed by atoms with Crippen LogP contribution in [0.5, 0.6) is 0 Å². The molecule has 86 valence electrons. The smallest absolute Gasteiger partial charge is 0.183 e. The number of hydrogen-bond donors (Lipinski definition) is 1. The lowest BCUT2D eigenvalue weighted by Gasteiger charge is -2.07. The van der Waals surface area contributed by atoms with E-state index in [2.05, 4.69) is 5.32 Å². The summed E-state index contributed by atoms with van der Waals surface area (Å²) in [6.45, 7) is 0.430. The molecule has 1 aromatic carbocycles. The van der Waals surface area contributed by atoms with Gasteiger partial charge in [-0.1, -0.05) is 6.07 Å². The molecule has 1 heterocycles. The lowest BCUT2D eigenvalue weighted by Crippen LogP contribution is -2.02. The van der Waals surface area contributed by atoms with E-state index in [1.54, 1.807) is 6.07 Å². The molecule has 5 heteroatoms. The lowest BCUT2D eigenvalue weighted by atomic mass is 10.2. The van der Waals surface area contributed by atoms with Crippen molar-refractivity contribution in [2.24, 2.45) is 0 Å². The van der Waals surface area contributed by atoms with E-state index in [0.717, 1.165) is 4.88 Å². The minimum Gasteiger partial charge on any atom is -0.378 e. The van der Waals surface area contributed by atoms with Crippen LogP contribution in [0, 0.1) is 23.0 Å². The van der Waals surface area contributed by atoms with Crippen molar-refractivity contribution in [2.75, 3.05) is 5.32 Å². The average molecular weight is 250 g/mol. The van der Waals surface area contributed by atoms with Crippen molar-refractivity contribution in [2.45, 2.75) is 6.54 Å². The zero-order valence-electron chi connectivity index (χ0n) is 8.71. The number of nitriles is 1. The van der Waals surface area contributed by atoms with Gasteiger partial charge in [-0.05, 0) is 23.6 Å². The monoisotopic (exact) mass is 250 g/mol. The van der Waals surface area contributed by atoms with Crippen molar-refractivity contribution in [1.82, 2.24) is 0 Å². The van der Waals surface area contributed by atoms with Gasteiger partial charge in [0.1, 0.15) is 6.07 Å². The van der Waals surface area contributed by atoms with E-state index in [-0.39, 0.29) is 11.3 Å². The minimum atomic E-state index is -1.11. The molecular weight excluding hydrogens is 242 g/mol. The molecule has 0 aliphatic rings. The summed E-state index contributed by atoms with van der Waals surface area (Å²) < 4.78 is 26.8. The van der Waals surface area contributed by atoms with Gasteiger partial charge < -0.3 is 5.32 Å². The predicted molar refractivity (Wildman–Crippen MR) is 62.7 cm³/mol. The normalized spacial score (nSPS) is 9.94. The van der Waals surface area contributed by atoms with Gasteiger partial charge in [0.25, 0.3) is 0 Å². The number of nitrogens with one attached hydrogen (secondary N) is 1. The van der Waals surface area contributed by atoms with Crippen molar-refractivity contribution in [3.05, 3.63) is 51.7 Å². The molecule has 2 aromatic rings.